The lowest BCUT2D eigenvalue weighted by atomic mass is 10.2. The molecule has 118 valence electrons. The Balaban J connectivity index is 1.52. The molecule has 0 aliphatic carbocycles. The minimum atomic E-state index is -0.309. The zero-order chi connectivity index (χ0) is 16.1. The van der Waals surface area contributed by atoms with Gasteiger partial charge in [-0.2, -0.15) is 0 Å². The molecule has 0 aliphatic rings. The van der Waals surface area contributed by atoms with E-state index in [1.165, 1.54) is 12.1 Å². The standard InChI is InChI=1S/C17H16FN3O2/c18-14-4-2-13(3-5-14)15-6-7-16(23-15)17(22)20-8-1-10-21-11-9-19-12-21/h2-7,9,11-12H,1,8,10H2,(H,20,22). The number of amides is 1. The molecule has 0 spiro atoms. The summed E-state index contributed by atoms with van der Waals surface area (Å²) in [4.78, 5) is 16.0. The van der Waals surface area contributed by atoms with Crippen LogP contribution in [0.15, 0.2) is 59.5 Å². The van der Waals surface area contributed by atoms with Gasteiger partial charge < -0.3 is 14.3 Å². The van der Waals surface area contributed by atoms with Gasteiger partial charge in [0, 0.05) is 31.0 Å². The van der Waals surface area contributed by atoms with Crippen molar-refractivity contribution in [2.45, 2.75) is 13.0 Å². The van der Waals surface area contributed by atoms with Gasteiger partial charge in [-0.25, -0.2) is 9.37 Å². The van der Waals surface area contributed by atoms with Gasteiger partial charge >= 0.3 is 0 Å². The van der Waals surface area contributed by atoms with Crippen molar-refractivity contribution in [2.24, 2.45) is 0 Å². The van der Waals surface area contributed by atoms with E-state index in [9.17, 15) is 9.18 Å². The summed E-state index contributed by atoms with van der Waals surface area (Å²) >= 11 is 0. The molecule has 0 aliphatic heterocycles. The number of halogens is 1. The number of hydrogen-bond acceptors (Lipinski definition) is 3. The molecule has 0 fully saturated rings. The fourth-order valence-electron chi connectivity index (χ4n) is 2.20. The first kappa shape index (κ1) is 15.0. The second-order valence-corrected chi connectivity index (χ2v) is 5.08. The second-order valence-electron chi connectivity index (χ2n) is 5.08. The van der Waals surface area contributed by atoms with Gasteiger partial charge in [0.25, 0.3) is 5.91 Å². The van der Waals surface area contributed by atoms with E-state index in [1.54, 1.807) is 36.8 Å². The van der Waals surface area contributed by atoms with Crippen LogP contribution in [0.4, 0.5) is 4.39 Å². The molecule has 0 radical (unpaired) electrons. The second kappa shape index (κ2) is 6.91. The van der Waals surface area contributed by atoms with E-state index in [-0.39, 0.29) is 17.5 Å². The number of furan rings is 1. The first-order chi connectivity index (χ1) is 11.2. The minimum absolute atomic E-state index is 0.243. The Hall–Kier alpha value is -2.89. The van der Waals surface area contributed by atoms with Gasteiger partial charge in [0.2, 0.25) is 0 Å². The lowest BCUT2D eigenvalue weighted by Gasteiger charge is -2.04. The van der Waals surface area contributed by atoms with Crippen LogP contribution in [-0.4, -0.2) is 22.0 Å². The molecule has 5 nitrogen and oxygen atoms in total. The Kier molecular flexibility index (Phi) is 4.52. The van der Waals surface area contributed by atoms with Crippen LogP contribution >= 0.6 is 0 Å². The molecule has 6 heteroatoms. The van der Waals surface area contributed by atoms with Crippen LogP contribution in [0.2, 0.25) is 0 Å². The Morgan fingerprint density at radius 1 is 1.22 bits per heavy atom. The molecule has 0 unspecified atom stereocenters. The number of rotatable bonds is 6. The molecular formula is C17H16FN3O2. The lowest BCUT2D eigenvalue weighted by Crippen LogP contribution is -2.24. The molecule has 3 rings (SSSR count). The first-order valence-electron chi connectivity index (χ1n) is 7.32. The SMILES string of the molecule is O=C(NCCCn1ccnc1)c1ccc(-c2ccc(F)cc2)o1. The van der Waals surface area contributed by atoms with Gasteiger partial charge in [0.05, 0.1) is 6.33 Å². The highest BCUT2D eigenvalue weighted by Crippen LogP contribution is 2.22. The molecule has 2 aromatic heterocycles. The van der Waals surface area contributed by atoms with Crippen molar-refractivity contribution in [3.63, 3.8) is 0 Å². The number of carbonyl (C=O) groups is 1. The van der Waals surface area contributed by atoms with Gasteiger partial charge in [-0.3, -0.25) is 4.79 Å². The summed E-state index contributed by atoms with van der Waals surface area (Å²) in [5.41, 5.74) is 0.727. The van der Waals surface area contributed by atoms with Crippen molar-refractivity contribution >= 4 is 5.91 Å². The molecule has 2 heterocycles. The Bertz CT molecular complexity index is 764. The number of benzene rings is 1. The first-order valence-corrected chi connectivity index (χ1v) is 7.32. The molecule has 0 bridgehead atoms. The van der Waals surface area contributed by atoms with Gasteiger partial charge in [-0.1, -0.05) is 0 Å². The molecule has 0 atom stereocenters. The third-order valence-corrected chi connectivity index (χ3v) is 3.40. The monoisotopic (exact) mass is 313 g/mol. The number of nitrogens with zero attached hydrogens (tertiary/aromatic N) is 2. The quantitative estimate of drug-likeness (QED) is 0.711. The van der Waals surface area contributed by atoms with E-state index in [0.29, 0.717) is 12.3 Å². The van der Waals surface area contributed by atoms with Gasteiger partial charge in [-0.05, 0) is 42.8 Å². The van der Waals surface area contributed by atoms with Crippen molar-refractivity contribution in [3.8, 4) is 11.3 Å². The molecule has 0 saturated heterocycles. The fourth-order valence-corrected chi connectivity index (χ4v) is 2.20. The van der Waals surface area contributed by atoms with E-state index in [4.69, 9.17) is 4.42 Å². The van der Waals surface area contributed by atoms with E-state index in [1.807, 2.05) is 10.8 Å². The summed E-state index contributed by atoms with van der Waals surface area (Å²) in [6.07, 6.45) is 6.14. The summed E-state index contributed by atoms with van der Waals surface area (Å²) in [7, 11) is 0. The van der Waals surface area contributed by atoms with E-state index in [0.717, 1.165) is 18.5 Å². The lowest BCUT2D eigenvalue weighted by molar-refractivity contribution is 0.0926. The molecular weight excluding hydrogens is 297 g/mol. The van der Waals surface area contributed by atoms with Crippen LogP contribution in [0.5, 0.6) is 0 Å². The highest BCUT2D eigenvalue weighted by atomic mass is 19.1. The van der Waals surface area contributed by atoms with Gasteiger partial charge in [0.15, 0.2) is 5.76 Å². The van der Waals surface area contributed by atoms with Crippen molar-refractivity contribution in [2.75, 3.05) is 6.54 Å². The maximum atomic E-state index is 12.9. The number of imidazole rings is 1. The molecule has 0 saturated carbocycles. The van der Waals surface area contributed by atoms with Crippen LogP contribution in [-0.2, 0) is 6.54 Å². The van der Waals surface area contributed by atoms with Crippen molar-refractivity contribution in [1.82, 2.24) is 14.9 Å². The van der Waals surface area contributed by atoms with Crippen LogP contribution < -0.4 is 5.32 Å². The van der Waals surface area contributed by atoms with E-state index in [2.05, 4.69) is 10.3 Å². The normalized spacial score (nSPS) is 10.7. The van der Waals surface area contributed by atoms with Gasteiger partial charge in [0.1, 0.15) is 11.6 Å². The van der Waals surface area contributed by atoms with Crippen molar-refractivity contribution < 1.29 is 13.6 Å². The summed E-state index contributed by atoms with van der Waals surface area (Å²) in [6.45, 7) is 1.34. The topological polar surface area (TPSA) is 60.1 Å². The number of nitrogens with one attached hydrogen (secondary N) is 1. The summed E-state index contributed by atoms with van der Waals surface area (Å²) in [5, 5.41) is 2.81. The zero-order valence-corrected chi connectivity index (χ0v) is 12.4. The third kappa shape index (κ3) is 3.85. The largest absolute Gasteiger partial charge is 0.451 e. The maximum Gasteiger partial charge on any atom is 0.287 e. The highest BCUT2D eigenvalue weighted by Gasteiger charge is 2.11. The predicted molar refractivity (Wildman–Crippen MR) is 83.3 cm³/mol. The number of aromatic nitrogens is 2. The van der Waals surface area contributed by atoms with Crippen LogP contribution in [0.25, 0.3) is 11.3 Å². The summed E-state index contributed by atoms with van der Waals surface area (Å²) in [5.74, 6) is 0.209. The Labute approximate surface area is 132 Å². The predicted octanol–water partition coefficient (Wildman–Crippen LogP) is 3.10. The summed E-state index contributed by atoms with van der Waals surface area (Å²) < 4.78 is 20.4. The van der Waals surface area contributed by atoms with E-state index < -0.39 is 0 Å². The Morgan fingerprint density at radius 2 is 2.04 bits per heavy atom. The molecule has 1 aromatic carbocycles. The average molecular weight is 313 g/mol. The number of hydrogen-bond donors (Lipinski definition) is 1. The Morgan fingerprint density at radius 3 is 2.78 bits per heavy atom. The average Bonchev–Trinajstić information content (AvgIpc) is 3.24. The van der Waals surface area contributed by atoms with Crippen LogP contribution in [0, 0.1) is 5.82 Å². The highest BCUT2D eigenvalue weighted by molar-refractivity contribution is 5.92. The van der Waals surface area contributed by atoms with E-state index >= 15 is 0 Å². The number of aryl methyl sites for hydroxylation is 1. The molecule has 1 amide bonds. The number of carbonyl (C=O) groups excluding carboxylic acids is 1. The molecule has 3 aromatic rings. The van der Waals surface area contributed by atoms with Crippen molar-refractivity contribution in [3.05, 3.63) is 66.7 Å². The molecule has 1 N–H and O–H groups in total. The minimum Gasteiger partial charge on any atom is -0.451 e. The third-order valence-electron chi connectivity index (χ3n) is 3.40. The van der Waals surface area contributed by atoms with Crippen LogP contribution in [0.1, 0.15) is 17.0 Å². The molecule has 23 heavy (non-hydrogen) atoms. The summed E-state index contributed by atoms with van der Waals surface area (Å²) in [6, 6.07) is 9.25. The maximum absolute atomic E-state index is 12.9. The fraction of sp³-hybridized carbons (Fsp3) is 0.176. The smallest absolute Gasteiger partial charge is 0.287 e. The van der Waals surface area contributed by atoms with Gasteiger partial charge in [-0.15, -0.1) is 0 Å². The van der Waals surface area contributed by atoms with Crippen LogP contribution in [0.3, 0.4) is 0 Å². The zero-order valence-electron chi connectivity index (χ0n) is 12.4. The van der Waals surface area contributed by atoms with Crippen molar-refractivity contribution in [1.29, 1.82) is 0 Å².